The zero-order chi connectivity index (χ0) is 28.4. The number of hydrogen-bond acceptors (Lipinski definition) is 5. The summed E-state index contributed by atoms with van der Waals surface area (Å²) in [5, 5.41) is 2.87. The highest BCUT2D eigenvalue weighted by Crippen LogP contribution is 2.26. The van der Waals surface area contributed by atoms with E-state index in [1.807, 2.05) is 61.5 Å². The first-order chi connectivity index (χ1) is 18.6. The number of nitrogens with one attached hydrogen (secondary N) is 1. The molecule has 10 heteroatoms. The van der Waals surface area contributed by atoms with Gasteiger partial charge in [0.05, 0.1) is 11.9 Å². The molecular formula is C29H34BrN3O5S. The van der Waals surface area contributed by atoms with Crippen molar-refractivity contribution in [3.63, 3.8) is 0 Å². The number of nitrogens with zero attached hydrogens (tertiary/aromatic N) is 2. The number of carbonyl (C=O) groups is 2. The van der Waals surface area contributed by atoms with Crippen molar-refractivity contribution >= 4 is 43.5 Å². The average molecular weight is 617 g/mol. The van der Waals surface area contributed by atoms with E-state index in [4.69, 9.17) is 4.74 Å². The second-order valence-corrected chi connectivity index (χ2v) is 12.0. The number of hydrogen-bond donors (Lipinski definition) is 1. The fourth-order valence-corrected chi connectivity index (χ4v) is 5.17. The van der Waals surface area contributed by atoms with Gasteiger partial charge in [0.15, 0.2) is 0 Å². The monoisotopic (exact) mass is 615 g/mol. The van der Waals surface area contributed by atoms with Crippen LogP contribution in [0.25, 0.3) is 0 Å². The van der Waals surface area contributed by atoms with Crippen LogP contribution >= 0.6 is 15.9 Å². The molecule has 1 atom stereocenters. The van der Waals surface area contributed by atoms with Gasteiger partial charge in [-0.2, -0.15) is 0 Å². The Bertz CT molecular complexity index is 1350. The normalized spacial score (nSPS) is 11.9. The van der Waals surface area contributed by atoms with E-state index >= 15 is 0 Å². The number of unbranched alkanes of at least 4 members (excludes halogenated alkanes) is 1. The van der Waals surface area contributed by atoms with Gasteiger partial charge >= 0.3 is 0 Å². The predicted octanol–water partition coefficient (Wildman–Crippen LogP) is 5.34. The van der Waals surface area contributed by atoms with E-state index < -0.39 is 28.5 Å². The van der Waals surface area contributed by atoms with Gasteiger partial charge in [0.2, 0.25) is 21.8 Å². The van der Waals surface area contributed by atoms with E-state index in [1.165, 1.54) is 4.90 Å². The van der Waals surface area contributed by atoms with Crippen molar-refractivity contribution in [2.24, 2.45) is 0 Å². The molecule has 0 unspecified atom stereocenters. The number of carbonyl (C=O) groups excluding carboxylic acids is 2. The Morgan fingerprint density at radius 2 is 1.64 bits per heavy atom. The molecule has 0 bridgehead atoms. The van der Waals surface area contributed by atoms with Crippen molar-refractivity contribution in [2.45, 2.75) is 39.3 Å². The van der Waals surface area contributed by atoms with Crippen LogP contribution < -0.4 is 14.4 Å². The van der Waals surface area contributed by atoms with Crippen LogP contribution in [0.15, 0.2) is 83.3 Å². The molecule has 3 aromatic carbocycles. The van der Waals surface area contributed by atoms with Crippen LogP contribution in [-0.4, -0.2) is 50.5 Å². The molecule has 0 aliphatic carbocycles. The van der Waals surface area contributed by atoms with Crippen LogP contribution in [0.3, 0.4) is 0 Å². The van der Waals surface area contributed by atoms with Crippen molar-refractivity contribution in [1.82, 2.24) is 10.2 Å². The second kappa shape index (κ2) is 14.1. The van der Waals surface area contributed by atoms with Crippen molar-refractivity contribution in [2.75, 3.05) is 23.7 Å². The van der Waals surface area contributed by atoms with Gasteiger partial charge in [0, 0.05) is 17.6 Å². The Labute approximate surface area is 239 Å². The quantitative estimate of drug-likeness (QED) is 0.262. The maximum Gasteiger partial charge on any atom is 0.244 e. The SMILES string of the molecule is CCCCNC(=O)[C@H](C)N(Cc1cccc(Br)c1)C(=O)CN(c1ccc(Oc2ccccc2)cc1)S(C)(=O)=O. The van der Waals surface area contributed by atoms with Crippen LogP contribution in [0.4, 0.5) is 5.69 Å². The lowest BCUT2D eigenvalue weighted by atomic mass is 10.1. The maximum absolute atomic E-state index is 13.7. The van der Waals surface area contributed by atoms with Crippen molar-refractivity contribution < 1.29 is 22.7 Å². The smallest absolute Gasteiger partial charge is 0.244 e. The molecule has 0 radical (unpaired) electrons. The summed E-state index contributed by atoms with van der Waals surface area (Å²) in [6.45, 7) is 3.86. The minimum atomic E-state index is -3.82. The molecule has 0 saturated heterocycles. The number of benzene rings is 3. The highest BCUT2D eigenvalue weighted by atomic mass is 79.9. The largest absolute Gasteiger partial charge is 0.457 e. The Balaban J connectivity index is 1.84. The van der Waals surface area contributed by atoms with Gasteiger partial charge in [0.25, 0.3) is 0 Å². The fraction of sp³-hybridized carbons (Fsp3) is 0.310. The molecule has 0 aliphatic rings. The molecular weight excluding hydrogens is 582 g/mol. The summed E-state index contributed by atoms with van der Waals surface area (Å²) in [5.74, 6) is 0.386. The minimum Gasteiger partial charge on any atom is -0.457 e. The summed E-state index contributed by atoms with van der Waals surface area (Å²) in [4.78, 5) is 28.0. The van der Waals surface area contributed by atoms with Gasteiger partial charge in [-0.05, 0) is 67.4 Å². The summed E-state index contributed by atoms with van der Waals surface area (Å²) in [6, 6.07) is 22.3. The second-order valence-electron chi connectivity index (χ2n) is 9.15. The number of halogens is 1. The van der Waals surface area contributed by atoms with Gasteiger partial charge in [-0.1, -0.05) is 59.6 Å². The highest BCUT2D eigenvalue weighted by Gasteiger charge is 2.30. The first-order valence-corrected chi connectivity index (χ1v) is 15.3. The molecule has 0 saturated carbocycles. The molecule has 3 aromatic rings. The van der Waals surface area contributed by atoms with E-state index in [0.29, 0.717) is 23.7 Å². The maximum atomic E-state index is 13.7. The molecule has 0 aliphatic heterocycles. The molecule has 2 amide bonds. The van der Waals surface area contributed by atoms with Crippen LogP contribution in [0.5, 0.6) is 11.5 Å². The lowest BCUT2D eigenvalue weighted by Gasteiger charge is -2.31. The van der Waals surface area contributed by atoms with E-state index in [0.717, 1.165) is 33.4 Å². The first kappa shape index (κ1) is 30.2. The summed E-state index contributed by atoms with van der Waals surface area (Å²) in [5.41, 5.74) is 1.12. The van der Waals surface area contributed by atoms with E-state index in [9.17, 15) is 18.0 Å². The summed E-state index contributed by atoms with van der Waals surface area (Å²) < 4.78 is 33.2. The Kier molecular flexibility index (Phi) is 10.9. The topological polar surface area (TPSA) is 96.0 Å². The number of ether oxygens (including phenoxy) is 1. The van der Waals surface area contributed by atoms with Gasteiger partial charge in [-0.15, -0.1) is 0 Å². The molecule has 208 valence electrons. The van der Waals surface area contributed by atoms with Crippen molar-refractivity contribution in [1.29, 1.82) is 0 Å². The number of amides is 2. The van der Waals surface area contributed by atoms with Gasteiger partial charge in [-0.3, -0.25) is 13.9 Å². The van der Waals surface area contributed by atoms with E-state index in [1.54, 1.807) is 31.2 Å². The zero-order valence-electron chi connectivity index (χ0n) is 22.3. The number of para-hydroxylation sites is 1. The third-order valence-corrected chi connectivity index (χ3v) is 7.66. The van der Waals surface area contributed by atoms with E-state index in [2.05, 4.69) is 21.2 Å². The Morgan fingerprint density at radius 1 is 0.974 bits per heavy atom. The van der Waals surface area contributed by atoms with Gasteiger partial charge in [-0.25, -0.2) is 8.42 Å². The first-order valence-electron chi connectivity index (χ1n) is 12.7. The van der Waals surface area contributed by atoms with Crippen LogP contribution in [0.1, 0.15) is 32.3 Å². The average Bonchev–Trinajstić information content (AvgIpc) is 2.90. The third kappa shape index (κ3) is 9.11. The number of sulfonamides is 1. The Morgan fingerprint density at radius 3 is 2.26 bits per heavy atom. The highest BCUT2D eigenvalue weighted by molar-refractivity contribution is 9.10. The summed E-state index contributed by atoms with van der Waals surface area (Å²) in [6.07, 6.45) is 2.80. The summed E-state index contributed by atoms with van der Waals surface area (Å²) in [7, 11) is -3.82. The lowest BCUT2D eigenvalue weighted by molar-refractivity contribution is -0.139. The number of anilines is 1. The molecule has 3 rings (SSSR count). The van der Waals surface area contributed by atoms with Crippen LogP contribution in [0, 0.1) is 0 Å². The van der Waals surface area contributed by atoms with Crippen molar-refractivity contribution in [3.05, 3.63) is 88.9 Å². The van der Waals surface area contributed by atoms with Crippen LogP contribution in [-0.2, 0) is 26.2 Å². The van der Waals surface area contributed by atoms with Crippen molar-refractivity contribution in [3.8, 4) is 11.5 Å². The van der Waals surface area contributed by atoms with E-state index in [-0.39, 0.29) is 12.5 Å². The molecule has 1 N–H and O–H groups in total. The lowest BCUT2D eigenvalue weighted by Crippen LogP contribution is -2.51. The molecule has 0 heterocycles. The zero-order valence-corrected chi connectivity index (χ0v) is 24.7. The Hall–Kier alpha value is -3.37. The number of rotatable bonds is 13. The molecule has 39 heavy (non-hydrogen) atoms. The molecule has 0 aromatic heterocycles. The summed E-state index contributed by atoms with van der Waals surface area (Å²) >= 11 is 3.44. The van der Waals surface area contributed by atoms with Gasteiger partial charge in [0.1, 0.15) is 24.1 Å². The molecule has 0 spiro atoms. The predicted molar refractivity (Wildman–Crippen MR) is 157 cm³/mol. The van der Waals surface area contributed by atoms with Gasteiger partial charge < -0.3 is 15.0 Å². The molecule has 8 nitrogen and oxygen atoms in total. The fourth-order valence-electron chi connectivity index (χ4n) is 3.87. The molecule has 0 fully saturated rings. The standard InChI is InChI=1S/C29H34BrN3O5S/c1-4-5-18-31-29(35)22(2)32(20-23-10-9-11-24(30)19-23)28(34)21-33(39(3,36)37)25-14-16-27(17-15-25)38-26-12-7-6-8-13-26/h6-17,19,22H,4-5,18,20-21H2,1-3H3,(H,31,35)/t22-/m0/s1. The minimum absolute atomic E-state index is 0.141. The van der Waals surface area contributed by atoms with Crippen LogP contribution in [0.2, 0.25) is 0 Å². The third-order valence-electron chi connectivity index (χ3n) is 6.02.